The van der Waals surface area contributed by atoms with Crippen LogP contribution in [0.5, 0.6) is 0 Å². The van der Waals surface area contributed by atoms with Gasteiger partial charge < -0.3 is 15.5 Å². The van der Waals surface area contributed by atoms with Crippen molar-refractivity contribution in [3.63, 3.8) is 0 Å². The van der Waals surface area contributed by atoms with Crippen molar-refractivity contribution in [2.45, 2.75) is 57.9 Å². The molecule has 0 bridgehead atoms. The number of hydrogen-bond donors (Lipinski definition) is 2. The number of aromatic nitrogens is 1. The average molecular weight is 443 g/mol. The van der Waals surface area contributed by atoms with Gasteiger partial charge in [0.1, 0.15) is 6.54 Å². The monoisotopic (exact) mass is 442 g/mol. The van der Waals surface area contributed by atoms with Gasteiger partial charge in [-0.05, 0) is 31.4 Å². The maximum atomic E-state index is 12.8. The van der Waals surface area contributed by atoms with Crippen molar-refractivity contribution >= 4 is 34.2 Å². The summed E-state index contributed by atoms with van der Waals surface area (Å²) in [5, 5.41) is 7.89. The van der Waals surface area contributed by atoms with Crippen molar-refractivity contribution in [2.75, 3.05) is 18.4 Å². The highest BCUT2D eigenvalue weighted by Gasteiger charge is 2.34. The molecule has 7 nitrogen and oxygen atoms in total. The van der Waals surface area contributed by atoms with Crippen molar-refractivity contribution < 1.29 is 14.4 Å². The summed E-state index contributed by atoms with van der Waals surface area (Å²) in [7, 11) is 0. The molecule has 1 aromatic heterocycles. The minimum atomic E-state index is -0.280. The lowest BCUT2D eigenvalue weighted by molar-refractivity contribution is -0.120. The first-order valence-corrected chi connectivity index (χ1v) is 11.8. The minimum absolute atomic E-state index is 0.00838. The topological polar surface area (TPSA) is 91.4 Å². The Morgan fingerprint density at radius 3 is 2.58 bits per heavy atom. The normalized spacial score (nSPS) is 12.9. The molecule has 2 N–H and O–H groups in total. The van der Waals surface area contributed by atoms with Crippen molar-refractivity contribution in [1.29, 1.82) is 0 Å². The van der Waals surface area contributed by atoms with Gasteiger partial charge in [-0.2, -0.15) is 0 Å². The number of unbranched alkanes of at least 4 members (excludes halogenated alkanes) is 3. The predicted molar refractivity (Wildman–Crippen MR) is 122 cm³/mol. The smallest absolute Gasteiger partial charge is 0.254 e. The molecule has 0 spiro atoms. The molecular weight excluding hydrogens is 412 g/mol. The number of amides is 3. The van der Waals surface area contributed by atoms with Gasteiger partial charge in [-0.3, -0.25) is 14.4 Å². The van der Waals surface area contributed by atoms with Gasteiger partial charge in [-0.1, -0.05) is 44.4 Å². The van der Waals surface area contributed by atoms with Crippen LogP contribution in [-0.4, -0.2) is 46.7 Å². The molecule has 166 valence electrons. The summed E-state index contributed by atoms with van der Waals surface area (Å²) in [5.74, 6) is -0.473. The number of carbonyl (C=O) groups is 3. The molecule has 3 amide bonds. The molecule has 1 aromatic carbocycles. The molecule has 2 aromatic rings. The Labute approximate surface area is 187 Å². The summed E-state index contributed by atoms with van der Waals surface area (Å²) in [4.78, 5) is 43.3. The van der Waals surface area contributed by atoms with Gasteiger partial charge >= 0.3 is 0 Å². The number of nitrogens with zero attached hydrogens (tertiary/aromatic N) is 2. The zero-order valence-electron chi connectivity index (χ0n) is 17.9. The van der Waals surface area contributed by atoms with E-state index in [9.17, 15) is 14.4 Å². The highest BCUT2D eigenvalue weighted by Crippen LogP contribution is 2.28. The van der Waals surface area contributed by atoms with Gasteiger partial charge in [0, 0.05) is 23.5 Å². The Bertz CT molecular complexity index is 880. The molecule has 1 heterocycles. The summed E-state index contributed by atoms with van der Waals surface area (Å²) in [6.45, 7) is 2.83. The van der Waals surface area contributed by atoms with Crippen LogP contribution in [0, 0.1) is 0 Å². The summed E-state index contributed by atoms with van der Waals surface area (Å²) >= 11 is 1.28. The van der Waals surface area contributed by atoms with Gasteiger partial charge in [0.2, 0.25) is 11.8 Å². The zero-order chi connectivity index (χ0) is 22.1. The molecule has 8 heteroatoms. The number of nitrogens with one attached hydrogen (secondary N) is 2. The van der Waals surface area contributed by atoms with Gasteiger partial charge in [-0.25, -0.2) is 4.98 Å². The molecule has 31 heavy (non-hydrogen) atoms. The Balaban J connectivity index is 1.46. The molecule has 1 aliphatic carbocycles. The lowest BCUT2D eigenvalue weighted by atomic mass is 10.2. The molecule has 0 radical (unpaired) electrons. The SMILES string of the molecule is CCCCCCNC(=O)Cc1csc(NC(=O)CN(C(=O)c2ccccc2)C2CC2)n1. The second-order valence-corrected chi connectivity index (χ2v) is 8.67. The lowest BCUT2D eigenvalue weighted by Crippen LogP contribution is -2.39. The van der Waals surface area contributed by atoms with Crippen molar-refractivity contribution in [3.8, 4) is 0 Å². The van der Waals surface area contributed by atoms with E-state index in [1.54, 1.807) is 22.4 Å². The number of rotatable bonds is 12. The first-order chi connectivity index (χ1) is 15.1. The highest BCUT2D eigenvalue weighted by molar-refractivity contribution is 7.13. The van der Waals surface area contributed by atoms with Crippen LogP contribution < -0.4 is 10.6 Å². The van der Waals surface area contributed by atoms with E-state index < -0.39 is 0 Å². The van der Waals surface area contributed by atoms with Crippen LogP contribution in [0.3, 0.4) is 0 Å². The van der Waals surface area contributed by atoms with Gasteiger partial charge in [0.15, 0.2) is 5.13 Å². The third kappa shape index (κ3) is 7.47. The molecule has 0 unspecified atom stereocenters. The minimum Gasteiger partial charge on any atom is -0.356 e. The van der Waals surface area contributed by atoms with E-state index in [1.807, 2.05) is 18.2 Å². The molecule has 3 rings (SSSR count). The van der Waals surface area contributed by atoms with Gasteiger partial charge in [-0.15, -0.1) is 11.3 Å². The lowest BCUT2D eigenvalue weighted by Gasteiger charge is -2.21. The maximum absolute atomic E-state index is 12.8. The molecule has 1 saturated carbocycles. The van der Waals surface area contributed by atoms with E-state index in [1.165, 1.54) is 24.2 Å². The van der Waals surface area contributed by atoms with E-state index in [2.05, 4.69) is 22.5 Å². The largest absolute Gasteiger partial charge is 0.356 e. The molecule has 1 fully saturated rings. The van der Waals surface area contributed by atoms with Crippen LogP contribution in [0.25, 0.3) is 0 Å². The van der Waals surface area contributed by atoms with Crippen molar-refractivity contribution in [2.24, 2.45) is 0 Å². The summed E-state index contributed by atoms with van der Waals surface area (Å²) in [6, 6.07) is 9.13. The molecular formula is C23H30N4O3S. The standard InChI is InChI=1S/C23H30N4O3S/c1-2-3-4-8-13-24-20(28)14-18-16-31-23(25-18)26-21(29)15-27(19-11-12-19)22(30)17-9-6-5-7-10-17/h5-7,9-10,16,19H,2-4,8,11-15H2,1H3,(H,24,28)(H,25,26,29). The number of thiazole rings is 1. The van der Waals surface area contributed by atoms with Crippen LogP contribution in [0.4, 0.5) is 5.13 Å². The van der Waals surface area contributed by atoms with E-state index in [0.717, 1.165) is 25.7 Å². The summed E-state index contributed by atoms with van der Waals surface area (Å²) in [6.07, 6.45) is 6.48. The van der Waals surface area contributed by atoms with Crippen LogP contribution in [-0.2, 0) is 16.0 Å². The van der Waals surface area contributed by atoms with Crippen LogP contribution in [0.2, 0.25) is 0 Å². The Morgan fingerprint density at radius 2 is 1.87 bits per heavy atom. The maximum Gasteiger partial charge on any atom is 0.254 e. The molecule has 0 saturated heterocycles. The van der Waals surface area contributed by atoms with E-state index in [-0.39, 0.29) is 36.7 Å². The van der Waals surface area contributed by atoms with Crippen LogP contribution in [0.15, 0.2) is 35.7 Å². The van der Waals surface area contributed by atoms with Crippen LogP contribution in [0.1, 0.15) is 61.5 Å². The Morgan fingerprint density at radius 1 is 1.10 bits per heavy atom. The molecule has 1 aliphatic rings. The first kappa shape index (κ1) is 22.9. The third-order valence-corrected chi connectivity index (χ3v) is 5.88. The number of benzene rings is 1. The second-order valence-electron chi connectivity index (χ2n) is 7.81. The van der Waals surface area contributed by atoms with Gasteiger partial charge in [0.25, 0.3) is 5.91 Å². The third-order valence-electron chi connectivity index (χ3n) is 5.08. The zero-order valence-corrected chi connectivity index (χ0v) is 18.7. The van der Waals surface area contributed by atoms with Crippen molar-refractivity contribution in [3.05, 3.63) is 47.0 Å². The first-order valence-electron chi connectivity index (χ1n) is 10.9. The fourth-order valence-electron chi connectivity index (χ4n) is 3.27. The fourth-order valence-corrected chi connectivity index (χ4v) is 3.99. The van der Waals surface area contributed by atoms with E-state index in [0.29, 0.717) is 22.9 Å². The summed E-state index contributed by atoms with van der Waals surface area (Å²) < 4.78 is 0. The average Bonchev–Trinajstić information content (AvgIpc) is 3.52. The Hall–Kier alpha value is -2.74. The quantitative estimate of drug-likeness (QED) is 0.491. The van der Waals surface area contributed by atoms with Crippen LogP contribution >= 0.6 is 11.3 Å². The number of carbonyl (C=O) groups excluding carboxylic acids is 3. The fraction of sp³-hybridized carbons (Fsp3) is 0.478. The second kappa shape index (κ2) is 11.6. The number of anilines is 1. The number of hydrogen-bond acceptors (Lipinski definition) is 5. The van der Waals surface area contributed by atoms with Crippen molar-refractivity contribution in [1.82, 2.24) is 15.2 Å². The molecule has 0 atom stereocenters. The molecule has 0 aliphatic heterocycles. The summed E-state index contributed by atoms with van der Waals surface area (Å²) in [5.41, 5.74) is 1.21. The highest BCUT2D eigenvalue weighted by atomic mass is 32.1. The van der Waals surface area contributed by atoms with E-state index >= 15 is 0 Å². The Kier molecular flexibility index (Phi) is 8.58. The van der Waals surface area contributed by atoms with E-state index in [4.69, 9.17) is 0 Å². The predicted octanol–water partition coefficient (Wildman–Crippen LogP) is 3.63. The van der Waals surface area contributed by atoms with Gasteiger partial charge in [0.05, 0.1) is 12.1 Å².